The highest BCUT2D eigenvalue weighted by Gasteiger charge is 2.15. The fraction of sp³-hybridized carbons (Fsp3) is 1.00. The zero-order valence-electron chi connectivity index (χ0n) is 9.98. The van der Waals surface area contributed by atoms with Gasteiger partial charge in [0.05, 0.1) is 0 Å². The molecule has 0 heteroatoms. The second-order valence-corrected chi connectivity index (χ2v) is 3.24. The summed E-state index contributed by atoms with van der Waals surface area (Å²) in [6.45, 7) is 12.8. The van der Waals surface area contributed by atoms with Crippen molar-refractivity contribution in [1.29, 1.82) is 0 Å². The molecule has 0 heterocycles. The molecular weight excluding hydrogens is 168 g/mol. The first kappa shape index (κ1) is 23.7. The van der Waals surface area contributed by atoms with E-state index in [0.29, 0.717) is 0 Å². The number of hydrogen-bond donors (Lipinski definition) is 0. The van der Waals surface area contributed by atoms with Gasteiger partial charge in [-0.2, -0.15) is 0 Å². The van der Waals surface area contributed by atoms with Crippen molar-refractivity contribution >= 4 is 0 Å². The van der Waals surface area contributed by atoms with Crippen LogP contribution in [0.25, 0.3) is 0 Å². The largest absolute Gasteiger partial charge is 0.0776 e. The Labute approximate surface area is 94.5 Å². The first-order chi connectivity index (χ1) is 5.80. The molecule has 0 bridgehead atoms. The van der Waals surface area contributed by atoms with Crippen molar-refractivity contribution in [3.8, 4) is 0 Å². The Kier molecular flexibility index (Phi) is 31.6. The second-order valence-electron chi connectivity index (χ2n) is 3.24. The monoisotopic (exact) mass is 204 g/mol. The van der Waals surface area contributed by atoms with Gasteiger partial charge >= 0.3 is 0 Å². The molecule has 0 spiro atoms. The van der Waals surface area contributed by atoms with Crippen LogP contribution >= 0.6 is 0 Å². The van der Waals surface area contributed by atoms with Crippen LogP contribution in [-0.2, 0) is 0 Å². The normalized spacial score (nSPS) is 23.6. The molecule has 1 fully saturated rings. The van der Waals surface area contributed by atoms with Crippen LogP contribution in [0, 0.1) is 11.8 Å². The summed E-state index contributed by atoms with van der Waals surface area (Å²) in [7, 11) is 0. The zero-order valence-corrected chi connectivity index (χ0v) is 9.98. The minimum absolute atomic E-state index is 0. The third-order valence-electron chi connectivity index (χ3n) is 2.54. The van der Waals surface area contributed by atoms with Gasteiger partial charge in [-0.15, -0.1) is 0 Å². The molecule has 0 amide bonds. The van der Waals surface area contributed by atoms with Gasteiger partial charge in [-0.1, -0.05) is 82.1 Å². The van der Waals surface area contributed by atoms with E-state index in [1.807, 2.05) is 27.7 Å². The molecule has 0 N–H and O–H groups in total. The van der Waals surface area contributed by atoms with Gasteiger partial charge in [-0.05, 0) is 11.8 Å². The molecule has 2 atom stereocenters. The van der Waals surface area contributed by atoms with Crippen LogP contribution in [0.3, 0.4) is 0 Å². The van der Waals surface area contributed by atoms with E-state index in [2.05, 4.69) is 13.8 Å². The predicted octanol–water partition coefficient (Wildman–Crippen LogP) is 6.16. The Bertz CT molecular complexity index is 56.4. The molecule has 0 aromatic rings. The van der Waals surface area contributed by atoms with E-state index in [4.69, 9.17) is 0 Å². The molecule has 0 saturated heterocycles. The van der Waals surface area contributed by atoms with Crippen molar-refractivity contribution in [2.75, 3.05) is 0 Å². The van der Waals surface area contributed by atoms with Crippen LogP contribution in [-0.4, -0.2) is 0 Å². The van der Waals surface area contributed by atoms with Crippen LogP contribution in [0.5, 0.6) is 0 Å². The summed E-state index contributed by atoms with van der Waals surface area (Å²) in [5, 5.41) is 0. The van der Waals surface area contributed by atoms with Crippen LogP contribution in [0.1, 0.15) is 82.1 Å². The van der Waals surface area contributed by atoms with Crippen molar-refractivity contribution in [3.63, 3.8) is 0 Å². The molecule has 0 aromatic carbocycles. The summed E-state index contributed by atoms with van der Waals surface area (Å²) in [5.41, 5.74) is 0. The topological polar surface area (TPSA) is 0 Å². The Morgan fingerprint density at radius 2 is 0.857 bits per heavy atom. The van der Waals surface area contributed by atoms with Crippen molar-refractivity contribution in [2.45, 2.75) is 82.1 Å². The van der Waals surface area contributed by atoms with Gasteiger partial charge in [0.2, 0.25) is 0 Å². The highest BCUT2D eigenvalue weighted by Crippen LogP contribution is 2.28. The smallest absolute Gasteiger partial charge is 0.0417 e. The van der Waals surface area contributed by atoms with Crippen LogP contribution < -0.4 is 0 Å². The van der Waals surface area contributed by atoms with Crippen molar-refractivity contribution in [2.24, 2.45) is 11.8 Å². The lowest BCUT2D eigenvalue weighted by atomic mass is 9.82. The lowest BCUT2D eigenvalue weighted by Gasteiger charge is -2.24. The van der Waals surface area contributed by atoms with Crippen molar-refractivity contribution in [1.82, 2.24) is 0 Å². The van der Waals surface area contributed by atoms with Gasteiger partial charge in [0.25, 0.3) is 0 Å². The maximum Gasteiger partial charge on any atom is -0.0417 e. The van der Waals surface area contributed by atoms with Gasteiger partial charge in [-0.3, -0.25) is 0 Å². The SMILES string of the molecule is C.C.CC.CC.C[C@@H]1CCCC[C@@H]1C. The van der Waals surface area contributed by atoms with E-state index in [9.17, 15) is 0 Å². The van der Waals surface area contributed by atoms with Crippen molar-refractivity contribution in [3.05, 3.63) is 0 Å². The van der Waals surface area contributed by atoms with Gasteiger partial charge in [0.15, 0.2) is 0 Å². The lowest BCUT2D eigenvalue weighted by Crippen LogP contribution is -2.12. The maximum absolute atomic E-state index is 2.38. The third-order valence-corrected chi connectivity index (χ3v) is 2.54. The number of rotatable bonds is 0. The summed E-state index contributed by atoms with van der Waals surface area (Å²) in [5.74, 6) is 2.01. The molecule has 14 heavy (non-hydrogen) atoms. The Hall–Kier alpha value is 0. The second kappa shape index (κ2) is 18.7. The summed E-state index contributed by atoms with van der Waals surface area (Å²) in [6, 6.07) is 0. The summed E-state index contributed by atoms with van der Waals surface area (Å²) in [4.78, 5) is 0. The molecule has 0 radical (unpaired) electrons. The standard InChI is InChI=1S/C8H16.2C2H6.2CH4/c1-7-5-3-4-6-8(7)2;2*1-2;;/h7-8H,3-6H2,1-2H3;2*1-2H3;2*1H4/t7-,8+;;;;. The zero-order chi connectivity index (χ0) is 9.98. The maximum atomic E-state index is 2.38. The first-order valence-corrected chi connectivity index (χ1v) is 5.80. The van der Waals surface area contributed by atoms with E-state index in [1.54, 1.807) is 0 Å². The summed E-state index contributed by atoms with van der Waals surface area (Å²) in [6.07, 6.45) is 5.90. The Balaban J connectivity index is -0.0000000750. The van der Waals surface area contributed by atoms with Crippen molar-refractivity contribution < 1.29 is 0 Å². The highest BCUT2D eigenvalue weighted by molar-refractivity contribution is 4.67. The molecule has 1 saturated carbocycles. The average molecular weight is 204 g/mol. The molecule has 0 aromatic heterocycles. The van der Waals surface area contributed by atoms with Crippen LogP contribution in [0.2, 0.25) is 0 Å². The van der Waals surface area contributed by atoms with E-state index in [-0.39, 0.29) is 14.9 Å². The average Bonchev–Trinajstić information content (AvgIpc) is 2.17. The van der Waals surface area contributed by atoms with Crippen LogP contribution in [0.15, 0.2) is 0 Å². The fourth-order valence-electron chi connectivity index (χ4n) is 1.50. The molecule has 0 nitrogen and oxygen atoms in total. The van der Waals surface area contributed by atoms with E-state index in [0.717, 1.165) is 11.8 Å². The molecule has 1 aliphatic carbocycles. The number of hydrogen-bond acceptors (Lipinski definition) is 0. The van der Waals surface area contributed by atoms with Gasteiger partial charge < -0.3 is 0 Å². The summed E-state index contributed by atoms with van der Waals surface area (Å²) < 4.78 is 0. The quantitative estimate of drug-likeness (QED) is 0.443. The molecule has 0 unspecified atom stereocenters. The molecule has 0 aliphatic heterocycles. The van der Waals surface area contributed by atoms with Crippen LogP contribution in [0.4, 0.5) is 0 Å². The Morgan fingerprint density at radius 3 is 1.00 bits per heavy atom. The Morgan fingerprint density at radius 1 is 0.643 bits per heavy atom. The van der Waals surface area contributed by atoms with Gasteiger partial charge in [0.1, 0.15) is 0 Å². The molecule has 92 valence electrons. The minimum Gasteiger partial charge on any atom is -0.0776 e. The van der Waals surface area contributed by atoms with Gasteiger partial charge in [0, 0.05) is 0 Å². The first-order valence-electron chi connectivity index (χ1n) is 5.80. The highest BCUT2D eigenvalue weighted by atomic mass is 14.2. The molecule has 1 rings (SSSR count). The molecular formula is C14H36. The minimum atomic E-state index is 0. The van der Waals surface area contributed by atoms with Gasteiger partial charge in [-0.25, -0.2) is 0 Å². The third kappa shape index (κ3) is 12.0. The molecule has 1 aliphatic rings. The fourth-order valence-corrected chi connectivity index (χ4v) is 1.50. The summed E-state index contributed by atoms with van der Waals surface area (Å²) >= 11 is 0. The van der Waals surface area contributed by atoms with E-state index >= 15 is 0 Å². The lowest BCUT2D eigenvalue weighted by molar-refractivity contribution is 0.277. The van der Waals surface area contributed by atoms with E-state index < -0.39 is 0 Å². The predicted molar refractivity (Wildman–Crippen MR) is 73.0 cm³/mol. The van der Waals surface area contributed by atoms with E-state index in [1.165, 1.54) is 25.7 Å².